The molecule has 0 unspecified atom stereocenters. The molecule has 2 aliphatic rings. The first-order valence-corrected chi connectivity index (χ1v) is 12.8. The molecule has 33 heavy (non-hydrogen) atoms. The van der Waals surface area contributed by atoms with Crippen LogP contribution in [0.25, 0.3) is 11.3 Å². The van der Waals surface area contributed by atoms with E-state index in [0.29, 0.717) is 24.1 Å². The molecule has 7 heteroatoms. The molecule has 2 aromatic rings. The van der Waals surface area contributed by atoms with E-state index < -0.39 is 0 Å². The zero-order valence-electron chi connectivity index (χ0n) is 20.4. The molecular formula is C26H40N6O. The lowest BCUT2D eigenvalue weighted by atomic mass is 9.93. The molecule has 0 amide bonds. The minimum absolute atomic E-state index is 0.173. The molecule has 3 heterocycles. The Morgan fingerprint density at radius 2 is 1.94 bits per heavy atom. The van der Waals surface area contributed by atoms with E-state index in [2.05, 4.69) is 53.5 Å². The number of pyridine rings is 1. The number of rotatable bonds is 9. The minimum Gasteiger partial charge on any atom is -0.393 e. The van der Waals surface area contributed by atoms with Gasteiger partial charge in [0.1, 0.15) is 5.82 Å². The Morgan fingerprint density at radius 3 is 2.61 bits per heavy atom. The fourth-order valence-corrected chi connectivity index (χ4v) is 5.10. The van der Waals surface area contributed by atoms with Crippen LogP contribution in [0.3, 0.4) is 0 Å². The number of aromatic nitrogens is 3. The standard InChI is InChI=1S/C26H40N6O/c1-4-6-18(2)29-26-28-17-23(25(31-26)30-20-9-11-22(33)12-10-20)24-13-8-19(16-27-24)15-21-7-5-14-32(21)3/h8,13,16-18,20-22,33H,4-7,9-12,14-15H2,1-3H3,(H2,28,29,30,31)/t18-,20?,21+,22?/m0/s1. The topological polar surface area (TPSA) is 86.2 Å². The van der Waals surface area contributed by atoms with Crippen molar-refractivity contribution in [2.24, 2.45) is 0 Å². The van der Waals surface area contributed by atoms with Gasteiger partial charge in [0.25, 0.3) is 0 Å². The summed E-state index contributed by atoms with van der Waals surface area (Å²) in [6, 6.07) is 5.55. The maximum Gasteiger partial charge on any atom is 0.224 e. The van der Waals surface area contributed by atoms with E-state index in [1.165, 1.54) is 24.9 Å². The number of likely N-dealkylation sites (N-methyl/N-ethyl adjacent to an activating group) is 1. The molecule has 1 aliphatic heterocycles. The van der Waals surface area contributed by atoms with Crippen LogP contribution in [0.5, 0.6) is 0 Å². The molecule has 0 spiro atoms. The van der Waals surface area contributed by atoms with Crippen LogP contribution < -0.4 is 10.6 Å². The van der Waals surface area contributed by atoms with E-state index in [0.717, 1.165) is 62.0 Å². The lowest BCUT2D eigenvalue weighted by Gasteiger charge is -2.27. The Bertz CT molecular complexity index is 881. The van der Waals surface area contributed by atoms with Gasteiger partial charge in [0, 0.05) is 30.5 Å². The predicted molar refractivity (Wildman–Crippen MR) is 134 cm³/mol. The van der Waals surface area contributed by atoms with E-state index in [4.69, 9.17) is 9.97 Å². The van der Waals surface area contributed by atoms with Crippen LogP contribution in [0.2, 0.25) is 0 Å². The monoisotopic (exact) mass is 452 g/mol. The first-order valence-electron chi connectivity index (χ1n) is 12.8. The molecule has 2 atom stereocenters. The second-order valence-electron chi connectivity index (χ2n) is 9.97. The molecule has 7 nitrogen and oxygen atoms in total. The largest absolute Gasteiger partial charge is 0.393 e. The van der Waals surface area contributed by atoms with Gasteiger partial charge in [0.05, 0.1) is 17.4 Å². The van der Waals surface area contributed by atoms with E-state index in [1.807, 2.05) is 12.4 Å². The summed E-state index contributed by atoms with van der Waals surface area (Å²) in [5, 5.41) is 17.0. The van der Waals surface area contributed by atoms with Gasteiger partial charge in [-0.05, 0) is 83.5 Å². The van der Waals surface area contributed by atoms with Crippen molar-refractivity contribution in [3.63, 3.8) is 0 Å². The molecule has 0 aromatic carbocycles. The predicted octanol–water partition coefficient (Wildman–Crippen LogP) is 4.49. The van der Waals surface area contributed by atoms with Gasteiger partial charge in [-0.15, -0.1) is 0 Å². The number of hydrogen-bond acceptors (Lipinski definition) is 7. The summed E-state index contributed by atoms with van der Waals surface area (Å²) in [7, 11) is 2.22. The van der Waals surface area contributed by atoms with Gasteiger partial charge in [0.2, 0.25) is 5.95 Å². The molecule has 2 fully saturated rings. The Balaban J connectivity index is 1.53. The highest BCUT2D eigenvalue weighted by Gasteiger charge is 2.23. The molecule has 2 aromatic heterocycles. The van der Waals surface area contributed by atoms with Crippen LogP contribution in [-0.2, 0) is 6.42 Å². The van der Waals surface area contributed by atoms with Gasteiger partial charge in [0.15, 0.2) is 0 Å². The SMILES string of the molecule is CCC[C@H](C)Nc1ncc(-c2ccc(C[C@H]3CCCN3C)cn2)c(NC2CCC(O)CC2)n1. The average molecular weight is 453 g/mol. The molecule has 1 aliphatic carbocycles. The second kappa shape index (κ2) is 11.3. The molecule has 4 rings (SSSR count). The van der Waals surface area contributed by atoms with Gasteiger partial charge in [-0.1, -0.05) is 19.4 Å². The fourth-order valence-electron chi connectivity index (χ4n) is 5.10. The molecule has 0 radical (unpaired) electrons. The van der Waals surface area contributed by atoms with Crippen molar-refractivity contribution in [3.05, 3.63) is 30.1 Å². The van der Waals surface area contributed by atoms with E-state index in [-0.39, 0.29) is 6.10 Å². The lowest BCUT2D eigenvalue weighted by molar-refractivity contribution is 0.126. The fraction of sp³-hybridized carbons (Fsp3) is 0.654. The third-order valence-electron chi connectivity index (χ3n) is 7.17. The van der Waals surface area contributed by atoms with Crippen molar-refractivity contribution >= 4 is 11.8 Å². The lowest BCUT2D eigenvalue weighted by Crippen LogP contribution is -2.29. The van der Waals surface area contributed by atoms with E-state index >= 15 is 0 Å². The van der Waals surface area contributed by atoms with Crippen LogP contribution in [-0.4, -0.2) is 62.8 Å². The first-order chi connectivity index (χ1) is 16.0. The van der Waals surface area contributed by atoms with Crippen LogP contribution in [0, 0.1) is 0 Å². The third-order valence-corrected chi connectivity index (χ3v) is 7.17. The third kappa shape index (κ3) is 6.42. The van der Waals surface area contributed by atoms with Crippen LogP contribution >= 0.6 is 0 Å². The van der Waals surface area contributed by atoms with E-state index in [1.54, 1.807) is 0 Å². The Kier molecular flexibility index (Phi) is 8.15. The highest BCUT2D eigenvalue weighted by Crippen LogP contribution is 2.29. The first kappa shape index (κ1) is 23.9. The Labute approximate surface area is 198 Å². The number of likely N-dealkylation sites (tertiary alicyclic amines) is 1. The normalized spacial score (nSPS) is 24.5. The van der Waals surface area contributed by atoms with Crippen LogP contribution in [0.1, 0.15) is 70.8 Å². The van der Waals surface area contributed by atoms with Crippen molar-refractivity contribution in [2.75, 3.05) is 24.2 Å². The van der Waals surface area contributed by atoms with Crippen LogP contribution in [0.4, 0.5) is 11.8 Å². The van der Waals surface area contributed by atoms with E-state index in [9.17, 15) is 5.11 Å². The zero-order valence-corrected chi connectivity index (χ0v) is 20.4. The number of nitrogens with zero attached hydrogens (tertiary/aromatic N) is 4. The quantitative estimate of drug-likeness (QED) is 0.517. The van der Waals surface area contributed by atoms with Crippen molar-refractivity contribution in [2.45, 2.75) is 95.9 Å². The number of aliphatic hydroxyl groups excluding tert-OH is 1. The molecular weight excluding hydrogens is 412 g/mol. The zero-order chi connectivity index (χ0) is 23.2. The van der Waals surface area contributed by atoms with Crippen molar-refractivity contribution < 1.29 is 5.11 Å². The maximum atomic E-state index is 9.89. The molecule has 0 bridgehead atoms. The number of hydrogen-bond donors (Lipinski definition) is 3. The summed E-state index contributed by atoms with van der Waals surface area (Å²) in [5.74, 6) is 1.48. The number of aliphatic hydroxyl groups is 1. The van der Waals surface area contributed by atoms with Gasteiger partial charge in [-0.25, -0.2) is 4.98 Å². The second-order valence-corrected chi connectivity index (χ2v) is 9.97. The van der Waals surface area contributed by atoms with Gasteiger partial charge in [-0.2, -0.15) is 4.98 Å². The molecule has 1 saturated carbocycles. The molecule has 1 saturated heterocycles. The van der Waals surface area contributed by atoms with Gasteiger partial charge < -0.3 is 20.6 Å². The Morgan fingerprint density at radius 1 is 1.12 bits per heavy atom. The van der Waals surface area contributed by atoms with Crippen molar-refractivity contribution in [1.29, 1.82) is 0 Å². The summed E-state index contributed by atoms with van der Waals surface area (Å²) in [4.78, 5) is 16.7. The summed E-state index contributed by atoms with van der Waals surface area (Å²) in [6.45, 7) is 5.54. The summed E-state index contributed by atoms with van der Waals surface area (Å²) in [6.07, 6.45) is 13.1. The van der Waals surface area contributed by atoms with Crippen molar-refractivity contribution in [3.8, 4) is 11.3 Å². The van der Waals surface area contributed by atoms with Crippen LogP contribution in [0.15, 0.2) is 24.5 Å². The summed E-state index contributed by atoms with van der Waals surface area (Å²) >= 11 is 0. The van der Waals surface area contributed by atoms with Gasteiger partial charge in [-0.3, -0.25) is 4.98 Å². The van der Waals surface area contributed by atoms with Gasteiger partial charge >= 0.3 is 0 Å². The minimum atomic E-state index is -0.173. The molecule has 180 valence electrons. The summed E-state index contributed by atoms with van der Waals surface area (Å²) < 4.78 is 0. The average Bonchev–Trinajstić information content (AvgIpc) is 3.21. The number of anilines is 2. The summed E-state index contributed by atoms with van der Waals surface area (Å²) in [5.41, 5.74) is 3.10. The highest BCUT2D eigenvalue weighted by atomic mass is 16.3. The molecule has 3 N–H and O–H groups in total. The number of nitrogens with one attached hydrogen (secondary N) is 2. The Hall–Kier alpha value is -2.25. The van der Waals surface area contributed by atoms with Crippen molar-refractivity contribution in [1.82, 2.24) is 19.9 Å². The maximum absolute atomic E-state index is 9.89. The smallest absolute Gasteiger partial charge is 0.224 e. The highest BCUT2D eigenvalue weighted by molar-refractivity contribution is 5.73.